The largest absolute Gasteiger partial charge is 0.478 e. The van der Waals surface area contributed by atoms with Gasteiger partial charge in [0.15, 0.2) is 0 Å². The number of nitrogens with zero attached hydrogens (tertiary/aromatic N) is 3. The Morgan fingerprint density at radius 3 is 2.46 bits per heavy atom. The zero-order valence-electron chi connectivity index (χ0n) is 25.1. The molecule has 3 N–H and O–H groups in total. The number of carboxylic acids is 1. The highest BCUT2D eigenvalue weighted by Crippen LogP contribution is 2.40. The molecule has 0 bridgehead atoms. The van der Waals surface area contributed by atoms with Crippen molar-refractivity contribution < 1.29 is 37.0 Å². The van der Waals surface area contributed by atoms with Gasteiger partial charge in [-0.25, -0.2) is 19.5 Å². The van der Waals surface area contributed by atoms with Crippen LogP contribution in [0.3, 0.4) is 0 Å². The summed E-state index contributed by atoms with van der Waals surface area (Å²) in [4.78, 5) is 34.5. The van der Waals surface area contributed by atoms with Crippen LogP contribution in [0.2, 0.25) is 0 Å². The molecule has 0 saturated carbocycles. The Kier molecular flexibility index (Phi) is 11.8. The second kappa shape index (κ2) is 15.8. The number of benzene rings is 2. The van der Waals surface area contributed by atoms with Crippen molar-refractivity contribution in [2.75, 3.05) is 4.90 Å². The zero-order chi connectivity index (χ0) is 33.3. The second-order valence-corrected chi connectivity index (χ2v) is 11.5. The van der Waals surface area contributed by atoms with Crippen molar-refractivity contribution in [3.8, 4) is 11.3 Å². The van der Waals surface area contributed by atoms with Crippen LogP contribution in [0.1, 0.15) is 78.1 Å². The summed E-state index contributed by atoms with van der Waals surface area (Å²) in [7, 11) is 0. The van der Waals surface area contributed by atoms with Gasteiger partial charge >= 0.3 is 18.2 Å². The minimum atomic E-state index is -4.74. The lowest BCUT2D eigenvalue weighted by atomic mass is 9.99. The molecule has 1 amide bonds. The lowest BCUT2D eigenvalue weighted by molar-refractivity contribution is -0.138. The van der Waals surface area contributed by atoms with E-state index in [4.69, 9.17) is 10.5 Å². The Balaban J connectivity index is 1.72. The van der Waals surface area contributed by atoms with Crippen LogP contribution < -0.4 is 10.6 Å². The van der Waals surface area contributed by atoms with Crippen LogP contribution in [-0.4, -0.2) is 27.1 Å². The normalized spacial score (nSPS) is 11.4. The third-order valence-electron chi connectivity index (χ3n) is 7.40. The SMILES string of the molecule is CCCCCCCCc1ccc(N(C(=O)OCc2c(CN)cccc2C(=O)O)c2nc(-c3cccnc3)c(F)s2)cc1C(F)(F)F. The van der Waals surface area contributed by atoms with E-state index in [-0.39, 0.29) is 46.2 Å². The van der Waals surface area contributed by atoms with E-state index in [0.717, 1.165) is 43.1 Å². The lowest BCUT2D eigenvalue weighted by Crippen LogP contribution is -2.28. The van der Waals surface area contributed by atoms with Gasteiger partial charge in [0.2, 0.25) is 10.3 Å². The summed E-state index contributed by atoms with van der Waals surface area (Å²) in [5.41, 5.74) is 5.19. The number of aryl methyl sites for hydroxylation is 1. The fourth-order valence-electron chi connectivity index (χ4n) is 5.04. The molecule has 0 aliphatic heterocycles. The standard InChI is InChI=1S/C33H34F4N4O4S/c1-2-3-4-5-6-7-10-21-14-15-24(17-27(21)33(35,36)37)41(31-40-28(29(34)46-31)23-12-9-16-39-19-23)32(44)45-20-26-22(18-38)11-8-13-25(26)30(42)43/h8-9,11-17,19H,2-7,10,18,20,38H2,1H3,(H,42,43). The van der Waals surface area contributed by atoms with Gasteiger partial charge in [-0.3, -0.25) is 4.98 Å². The third-order valence-corrected chi connectivity index (χ3v) is 8.23. The van der Waals surface area contributed by atoms with Gasteiger partial charge in [-0.05, 0) is 54.3 Å². The van der Waals surface area contributed by atoms with Gasteiger partial charge in [0.1, 0.15) is 12.3 Å². The van der Waals surface area contributed by atoms with E-state index in [2.05, 4.69) is 16.9 Å². The number of carboxylic acid groups (broad SMARTS) is 1. The Hall–Kier alpha value is -4.36. The van der Waals surface area contributed by atoms with Crippen LogP contribution >= 0.6 is 11.3 Å². The third kappa shape index (κ3) is 8.46. The molecule has 2 aromatic carbocycles. The molecular formula is C33H34F4N4O4S. The maximum Gasteiger partial charge on any atom is 0.421 e. The molecule has 13 heteroatoms. The van der Waals surface area contributed by atoms with Gasteiger partial charge < -0.3 is 15.6 Å². The molecular weight excluding hydrogens is 624 g/mol. The first kappa shape index (κ1) is 34.5. The van der Waals surface area contributed by atoms with E-state index < -0.39 is 35.5 Å². The number of unbranched alkanes of at least 4 members (excludes halogenated alkanes) is 5. The first-order chi connectivity index (χ1) is 22.0. The van der Waals surface area contributed by atoms with E-state index in [1.54, 1.807) is 18.2 Å². The number of thiazole rings is 1. The summed E-state index contributed by atoms with van der Waals surface area (Å²) in [5, 5.41) is 8.57. The smallest absolute Gasteiger partial charge is 0.421 e. The summed E-state index contributed by atoms with van der Waals surface area (Å²) >= 11 is 0.443. The molecule has 8 nitrogen and oxygen atoms in total. The number of amides is 1. The van der Waals surface area contributed by atoms with E-state index in [1.807, 2.05) is 0 Å². The first-order valence-corrected chi connectivity index (χ1v) is 15.6. The van der Waals surface area contributed by atoms with E-state index >= 15 is 4.39 Å². The van der Waals surface area contributed by atoms with Crippen LogP contribution in [0.15, 0.2) is 60.9 Å². The van der Waals surface area contributed by atoms with Crippen molar-refractivity contribution in [2.45, 2.75) is 71.2 Å². The van der Waals surface area contributed by atoms with Gasteiger partial charge in [0.25, 0.3) is 0 Å². The number of ether oxygens (including phenoxy) is 1. The van der Waals surface area contributed by atoms with Crippen molar-refractivity contribution in [1.82, 2.24) is 9.97 Å². The van der Waals surface area contributed by atoms with Gasteiger partial charge in [-0.2, -0.15) is 17.6 Å². The van der Waals surface area contributed by atoms with Crippen molar-refractivity contribution in [3.63, 3.8) is 0 Å². The maximum absolute atomic E-state index is 15.2. The van der Waals surface area contributed by atoms with Gasteiger partial charge in [-0.1, -0.05) is 68.6 Å². The molecule has 0 atom stereocenters. The monoisotopic (exact) mass is 658 g/mol. The van der Waals surface area contributed by atoms with E-state index in [9.17, 15) is 27.9 Å². The summed E-state index contributed by atoms with van der Waals surface area (Å²) < 4.78 is 63.7. The van der Waals surface area contributed by atoms with Crippen LogP contribution in [0.5, 0.6) is 0 Å². The Labute approximate surface area is 267 Å². The Morgan fingerprint density at radius 2 is 1.78 bits per heavy atom. The number of hydrogen-bond acceptors (Lipinski definition) is 7. The fraction of sp³-hybridized carbons (Fsp3) is 0.333. The molecule has 0 aliphatic carbocycles. The second-order valence-electron chi connectivity index (χ2n) is 10.6. The molecule has 0 saturated heterocycles. The number of pyridine rings is 1. The summed E-state index contributed by atoms with van der Waals surface area (Å²) in [6, 6.07) is 11.0. The van der Waals surface area contributed by atoms with Gasteiger partial charge in [0.05, 0.1) is 16.8 Å². The quantitative estimate of drug-likeness (QED) is 0.103. The topological polar surface area (TPSA) is 119 Å². The van der Waals surface area contributed by atoms with Crippen LogP contribution in [0.4, 0.5) is 33.2 Å². The number of aromatic nitrogens is 2. The number of rotatable bonds is 14. The number of carbonyl (C=O) groups excluding carboxylic acids is 1. The molecule has 0 spiro atoms. The predicted octanol–water partition coefficient (Wildman–Crippen LogP) is 8.90. The number of anilines is 2. The predicted molar refractivity (Wildman–Crippen MR) is 167 cm³/mol. The highest BCUT2D eigenvalue weighted by Gasteiger charge is 2.35. The highest BCUT2D eigenvalue weighted by molar-refractivity contribution is 7.14. The molecule has 0 radical (unpaired) electrons. The van der Waals surface area contributed by atoms with E-state index in [1.165, 1.54) is 36.7 Å². The highest BCUT2D eigenvalue weighted by atomic mass is 32.1. The molecule has 46 heavy (non-hydrogen) atoms. The summed E-state index contributed by atoms with van der Waals surface area (Å²) in [5.74, 6) is -1.28. The lowest BCUT2D eigenvalue weighted by Gasteiger charge is -2.22. The number of alkyl halides is 3. The first-order valence-electron chi connectivity index (χ1n) is 14.8. The van der Waals surface area contributed by atoms with Crippen molar-refractivity contribution >= 4 is 34.2 Å². The van der Waals surface area contributed by atoms with Crippen molar-refractivity contribution in [2.24, 2.45) is 5.73 Å². The van der Waals surface area contributed by atoms with Gasteiger partial charge in [-0.15, -0.1) is 0 Å². The number of nitrogens with two attached hydrogens (primary N) is 1. The van der Waals surface area contributed by atoms with Crippen LogP contribution in [-0.2, 0) is 30.5 Å². The molecule has 4 aromatic rings. The van der Waals surface area contributed by atoms with Crippen molar-refractivity contribution in [3.05, 3.63) is 93.9 Å². The van der Waals surface area contributed by atoms with E-state index in [0.29, 0.717) is 28.9 Å². The fourth-order valence-corrected chi connectivity index (χ4v) is 5.87. The van der Waals surface area contributed by atoms with Crippen LogP contribution in [0, 0.1) is 5.13 Å². The van der Waals surface area contributed by atoms with Crippen LogP contribution in [0.25, 0.3) is 11.3 Å². The van der Waals surface area contributed by atoms with Gasteiger partial charge in [0, 0.05) is 30.1 Å². The molecule has 2 heterocycles. The maximum atomic E-state index is 15.2. The average molecular weight is 659 g/mol. The number of carbonyl (C=O) groups is 2. The zero-order valence-corrected chi connectivity index (χ0v) is 26.0. The molecule has 0 aliphatic rings. The number of halogens is 4. The number of aromatic carboxylic acids is 1. The summed E-state index contributed by atoms with van der Waals surface area (Å²) in [6.45, 7) is 1.47. The molecule has 0 fully saturated rings. The summed E-state index contributed by atoms with van der Waals surface area (Å²) in [6.07, 6.45) is 2.54. The molecule has 244 valence electrons. The molecule has 0 unspecified atom stereocenters. The Bertz CT molecular complexity index is 1650. The number of hydrogen-bond donors (Lipinski definition) is 2. The Morgan fingerprint density at radius 1 is 1.02 bits per heavy atom. The van der Waals surface area contributed by atoms with Crippen molar-refractivity contribution in [1.29, 1.82) is 0 Å². The molecule has 4 rings (SSSR count). The minimum absolute atomic E-state index is 0.0567. The average Bonchev–Trinajstić information content (AvgIpc) is 3.42. The molecule has 2 aromatic heterocycles. The minimum Gasteiger partial charge on any atom is -0.478 e.